The van der Waals surface area contributed by atoms with Crippen LogP contribution in [0, 0.1) is 6.92 Å². The highest BCUT2D eigenvalue weighted by molar-refractivity contribution is 5.84. The van der Waals surface area contributed by atoms with Crippen molar-refractivity contribution in [3.05, 3.63) is 23.8 Å². The van der Waals surface area contributed by atoms with E-state index in [2.05, 4.69) is 5.16 Å². The van der Waals surface area contributed by atoms with Crippen LogP contribution in [0.4, 0.5) is 0 Å². The first-order chi connectivity index (χ1) is 5.83. The number of aryl methyl sites for hydroxylation is 1. The molecule has 0 fully saturated rings. The Morgan fingerprint density at radius 3 is 3.00 bits per heavy atom. The number of methoxy groups -OCH3 is 1. The minimum absolute atomic E-state index is 0.550. The van der Waals surface area contributed by atoms with Crippen LogP contribution in [0.5, 0.6) is 5.88 Å². The number of fused-ring (bicyclic) bond motifs is 1. The lowest BCUT2D eigenvalue weighted by Crippen LogP contribution is -1.81. The third kappa shape index (κ3) is 0.863. The molecule has 0 aliphatic carbocycles. The van der Waals surface area contributed by atoms with Gasteiger partial charge in [-0.25, -0.2) is 0 Å². The summed E-state index contributed by atoms with van der Waals surface area (Å²) < 4.78 is 10.1. The van der Waals surface area contributed by atoms with Crippen molar-refractivity contribution in [2.75, 3.05) is 7.11 Å². The van der Waals surface area contributed by atoms with E-state index in [-0.39, 0.29) is 0 Å². The first kappa shape index (κ1) is 7.16. The lowest BCUT2D eigenvalue weighted by Gasteiger charge is -1.92. The van der Waals surface area contributed by atoms with E-state index in [0.717, 1.165) is 16.5 Å². The molecule has 0 saturated carbocycles. The molecule has 62 valence electrons. The Morgan fingerprint density at radius 2 is 2.25 bits per heavy atom. The number of ether oxygens (including phenoxy) is 1. The molecule has 12 heavy (non-hydrogen) atoms. The Kier molecular flexibility index (Phi) is 1.50. The van der Waals surface area contributed by atoms with E-state index >= 15 is 0 Å². The minimum atomic E-state index is 0.550. The zero-order valence-corrected chi connectivity index (χ0v) is 7.00. The van der Waals surface area contributed by atoms with Gasteiger partial charge in [-0.2, -0.15) is 0 Å². The van der Waals surface area contributed by atoms with Crippen molar-refractivity contribution in [2.24, 2.45) is 0 Å². The fraction of sp³-hybridized carbons (Fsp3) is 0.222. The average Bonchev–Trinajstić information content (AvgIpc) is 2.49. The van der Waals surface area contributed by atoms with Gasteiger partial charge in [0.15, 0.2) is 5.58 Å². The molecule has 2 rings (SSSR count). The highest BCUT2D eigenvalue weighted by atomic mass is 16.5. The normalized spacial score (nSPS) is 10.5. The first-order valence-corrected chi connectivity index (χ1v) is 3.72. The zero-order valence-electron chi connectivity index (χ0n) is 7.00. The number of hydrogen-bond donors (Lipinski definition) is 0. The quantitative estimate of drug-likeness (QED) is 0.646. The van der Waals surface area contributed by atoms with Crippen molar-refractivity contribution < 1.29 is 9.26 Å². The summed E-state index contributed by atoms with van der Waals surface area (Å²) in [7, 11) is 1.58. The number of para-hydroxylation sites is 1. The molecule has 0 aliphatic rings. The first-order valence-electron chi connectivity index (χ1n) is 3.72. The molecule has 0 spiro atoms. The van der Waals surface area contributed by atoms with Gasteiger partial charge in [0.25, 0.3) is 5.88 Å². The molecule has 0 saturated heterocycles. The van der Waals surface area contributed by atoms with E-state index in [0.29, 0.717) is 5.88 Å². The molecule has 0 bridgehead atoms. The number of benzene rings is 1. The molecule has 3 nitrogen and oxygen atoms in total. The molecule has 0 aliphatic heterocycles. The largest absolute Gasteiger partial charge is 0.478 e. The van der Waals surface area contributed by atoms with E-state index in [4.69, 9.17) is 9.26 Å². The van der Waals surface area contributed by atoms with Crippen LogP contribution in [0.3, 0.4) is 0 Å². The molecule has 3 heteroatoms. The van der Waals surface area contributed by atoms with Gasteiger partial charge in [-0.15, -0.1) is 0 Å². The molecule has 0 amide bonds. The molecule has 1 heterocycles. The van der Waals surface area contributed by atoms with Crippen molar-refractivity contribution in [2.45, 2.75) is 6.92 Å². The van der Waals surface area contributed by atoms with E-state index in [1.165, 1.54) is 0 Å². The van der Waals surface area contributed by atoms with Gasteiger partial charge < -0.3 is 9.26 Å². The zero-order chi connectivity index (χ0) is 8.55. The van der Waals surface area contributed by atoms with Crippen molar-refractivity contribution in [3.8, 4) is 5.88 Å². The van der Waals surface area contributed by atoms with Crippen LogP contribution in [0.25, 0.3) is 11.0 Å². The van der Waals surface area contributed by atoms with Gasteiger partial charge in [-0.3, -0.25) is 0 Å². The second kappa shape index (κ2) is 2.52. The van der Waals surface area contributed by atoms with Gasteiger partial charge >= 0.3 is 0 Å². The van der Waals surface area contributed by atoms with E-state index in [9.17, 15) is 0 Å². The lowest BCUT2D eigenvalue weighted by molar-refractivity contribution is 0.350. The van der Waals surface area contributed by atoms with Gasteiger partial charge in [0.2, 0.25) is 0 Å². The van der Waals surface area contributed by atoms with Gasteiger partial charge in [0.05, 0.1) is 12.5 Å². The maximum atomic E-state index is 5.10. The molecule has 0 radical (unpaired) electrons. The van der Waals surface area contributed by atoms with Gasteiger partial charge in [0, 0.05) is 0 Å². The van der Waals surface area contributed by atoms with Crippen LogP contribution in [0.15, 0.2) is 22.7 Å². The molecule has 0 unspecified atom stereocenters. The molecular weight excluding hydrogens is 154 g/mol. The highest BCUT2D eigenvalue weighted by Gasteiger charge is 2.08. The summed E-state index contributed by atoms with van der Waals surface area (Å²) in [4.78, 5) is 0. The van der Waals surface area contributed by atoms with Crippen LogP contribution in [-0.4, -0.2) is 12.3 Å². The van der Waals surface area contributed by atoms with Crippen LogP contribution in [0.1, 0.15) is 5.56 Å². The van der Waals surface area contributed by atoms with Crippen LogP contribution in [-0.2, 0) is 0 Å². The van der Waals surface area contributed by atoms with Crippen LogP contribution in [0.2, 0.25) is 0 Å². The summed E-state index contributed by atoms with van der Waals surface area (Å²) in [5.41, 5.74) is 1.87. The Bertz CT molecular complexity index is 406. The van der Waals surface area contributed by atoms with Crippen molar-refractivity contribution in [3.63, 3.8) is 0 Å². The van der Waals surface area contributed by atoms with Crippen molar-refractivity contribution in [1.29, 1.82) is 0 Å². The maximum Gasteiger partial charge on any atom is 0.261 e. The van der Waals surface area contributed by atoms with E-state index < -0.39 is 0 Å². The van der Waals surface area contributed by atoms with Gasteiger partial charge in [0.1, 0.15) is 0 Å². The Labute approximate surface area is 69.9 Å². The Balaban J connectivity index is 2.80. The number of hydrogen-bond acceptors (Lipinski definition) is 3. The van der Waals surface area contributed by atoms with E-state index in [1.54, 1.807) is 7.11 Å². The topological polar surface area (TPSA) is 35.3 Å². The standard InChI is InChI=1S/C9H9NO2/c1-6-4-3-5-7-8(6)12-10-9(7)11-2/h3-5H,1-2H3. The molecule has 2 aromatic rings. The number of aromatic nitrogens is 1. The van der Waals surface area contributed by atoms with Gasteiger partial charge in [-0.1, -0.05) is 12.1 Å². The molecule has 1 aromatic heterocycles. The summed E-state index contributed by atoms with van der Waals surface area (Å²) in [5, 5.41) is 4.71. The predicted octanol–water partition coefficient (Wildman–Crippen LogP) is 2.14. The fourth-order valence-corrected chi connectivity index (χ4v) is 1.23. The third-order valence-electron chi connectivity index (χ3n) is 1.86. The summed E-state index contributed by atoms with van der Waals surface area (Å²) in [6.07, 6.45) is 0. The van der Waals surface area contributed by atoms with Crippen molar-refractivity contribution in [1.82, 2.24) is 5.16 Å². The molecule has 0 N–H and O–H groups in total. The lowest BCUT2D eigenvalue weighted by atomic mass is 10.2. The summed E-state index contributed by atoms with van der Waals surface area (Å²) in [6, 6.07) is 5.86. The predicted molar refractivity (Wildman–Crippen MR) is 45.3 cm³/mol. The highest BCUT2D eigenvalue weighted by Crippen LogP contribution is 2.26. The maximum absolute atomic E-state index is 5.10. The van der Waals surface area contributed by atoms with Crippen molar-refractivity contribution >= 4 is 11.0 Å². The molecule has 0 atom stereocenters. The summed E-state index contributed by atoms with van der Waals surface area (Å²) >= 11 is 0. The smallest absolute Gasteiger partial charge is 0.261 e. The SMILES string of the molecule is COc1noc2c(C)cccc12. The molecular formula is C9H9NO2. The fourth-order valence-electron chi connectivity index (χ4n) is 1.23. The second-order valence-electron chi connectivity index (χ2n) is 2.64. The monoisotopic (exact) mass is 163 g/mol. The Morgan fingerprint density at radius 1 is 1.42 bits per heavy atom. The third-order valence-corrected chi connectivity index (χ3v) is 1.86. The minimum Gasteiger partial charge on any atom is -0.478 e. The second-order valence-corrected chi connectivity index (χ2v) is 2.64. The number of nitrogens with zero attached hydrogens (tertiary/aromatic N) is 1. The summed E-state index contributed by atoms with van der Waals surface area (Å²) in [5.74, 6) is 0.550. The Hall–Kier alpha value is -1.51. The summed E-state index contributed by atoms with van der Waals surface area (Å²) in [6.45, 7) is 1.98. The number of rotatable bonds is 1. The van der Waals surface area contributed by atoms with Crippen LogP contribution >= 0.6 is 0 Å². The van der Waals surface area contributed by atoms with Gasteiger partial charge in [-0.05, 0) is 23.7 Å². The van der Waals surface area contributed by atoms with Crippen LogP contribution < -0.4 is 4.74 Å². The molecule has 1 aromatic carbocycles. The average molecular weight is 163 g/mol. The van der Waals surface area contributed by atoms with E-state index in [1.807, 2.05) is 25.1 Å².